The predicted octanol–water partition coefficient (Wildman–Crippen LogP) is 3.23. The van der Waals surface area contributed by atoms with Crippen LogP contribution in [-0.2, 0) is 4.74 Å². The first kappa shape index (κ1) is 13.1. The van der Waals surface area contributed by atoms with Crippen LogP contribution in [0.4, 0.5) is 0 Å². The van der Waals surface area contributed by atoms with Gasteiger partial charge in [0.1, 0.15) is 12.4 Å². The first-order valence-corrected chi connectivity index (χ1v) is 6.58. The van der Waals surface area contributed by atoms with Gasteiger partial charge in [0.2, 0.25) is 0 Å². The first-order chi connectivity index (χ1) is 8.79. The summed E-state index contributed by atoms with van der Waals surface area (Å²) in [6.07, 6.45) is 6.21. The van der Waals surface area contributed by atoms with Crippen LogP contribution in [0.1, 0.15) is 42.5 Å². The Kier molecular flexibility index (Phi) is 4.76. The molecule has 1 aliphatic carbocycles. The third-order valence-electron chi connectivity index (χ3n) is 3.41. The standard InChI is InChI=1S/C15H20O3/c1-17-13-9-7-12(8-10-13)15(16)11-18-14-5-3-2-4-6-14/h7-10,14H,2-6,11H2,1H3. The van der Waals surface area contributed by atoms with E-state index < -0.39 is 0 Å². The van der Waals surface area contributed by atoms with Crippen LogP contribution in [-0.4, -0.2) is 25.6 Å². The number of carbonyl (C=O) groups is 1. The molecule has 0 saturated heterocycles. The van der Waals surface area contributed by atoms with Gasteiger partial charge in [-0.1, -0.05) is 19.3 Å². The molecular weight excluding hydrogens is 228 g/mol. The summed E-state index contributed by atoms with van der Waals surface area (Å²) in [5.74, 6) is 0.808. The third kappa shape index (κ3) is 3.57. The quantitative estimate of drug-likeness (QED) is 0.750. The maximum Gasteiger partial charge on any atom is 0.188 e. The molecule has 0 N–H and O–H groups in total. The lowest BCUT2D eigenvalue weighted by Crippen LogP contribution is -2.20. The van der Waals surface area contributed by atoms with Gasteiger partial charge in [-0.3, -0.25) is 4.79 Å². The average molecular weight is 248 g/mol. The van der Waals surface area contributed by atoms with Crippen molar-refractivity contribution in [3.63, 3.8) is 0 Å². The van der Waals surface area contributed by atoms with Gasteiger partial charge in [-0.15, -0.1) is 0 Å². The molecule has 1 saturated carbocycles. The van der Waals surface area contributed by atoms with Crippen LogP contribution in [0.2, 0.25) is 0 Å². The number of ether oxygens (including phenoxy) is 2. The summed E-state index contributed by atoms with van der Waals surface area (Å²) in [6, 6.07) is 7.17. The third-order valence-corrected chi connectivity index (χ3v) is 3.41. The number of ketones is 1. The summed E-state index contributed by atoms with van der Waals surface area (Å²) in [7, 11) is 1.61. The second kappa shape index (κ2) is 6.55. The Labute approximate surface area is 108 Å². The molecular formula is C15H20O3. The fourth-order valence-corrected chi connectivity index (χ4v) is 2.29. The highest BCUT2D eigenvalue weighted by molar-refractivity contribution is 5.97. The van der Waals surface area contributed by atoms with E-state index in [1.165, 1.54) is 19.3 Å². The molecule has 0 aliphatic heterocycles. The fourth-order valence-electron chi connectivity index (χ4n) is 2.29. The predicted molar refractivity (Wildman–Crippen MR) is 70.1 cm³/mol. The summed E-state index contributed by atoms with van der Waals surface area (Å²) in [4.78, 5) is 11.9. The van der Waals surface area contributed by atoms with Crippen LogP contribution in [0, 0.1) is 0 Å². The Bertz CT molecular complexity index is 377. The van der Waals surface area contributed by atoms with Crippen LogP contribution < -0.4 is 4.74 Å². The molecule has 0 atom stereocenters. The van der Waals surface area contributed by atoms with Crippen molar-refractivity contribution in [3.8, 4) is 5.75 Å². The van der Waals surface area contributed by atoms with Gasteiger partial charge < -0.3 is 9.47 Å². The molecule has 0 amide bonds. The second-order valence-corrected chi connectivity index (χ2v) is 4.72. The van der Waals surface area contributed by atoms with Crippen LogP contribution in [0.15, 0.2) is 24.3 Å². The van der Waals surface area contributed by atoms with Crippen LogP contribution >= 0.6 is 0 Å². The normalized spacial score (nSPS) is 16.5. The zero-order chi connectivity index (χ0) is 12.8. The highest BCUT2D eigenvalue weighted by atomic mass is 16.5. The highest BCUT2D eigenvalue weighted by Crippen LogP contribution is 2.20. The van der Waals surface area contributed by atoms with Crippen molar-refractivity contribution >= 4 is 5.78 Å². The molecule has 2 rings (SSSR count). The van der Waals surface area contributed by atoms with Crippen LogP contribution in [0.5, 0.6) is 5.75 Å². The fraction of sp³-hybridized carbons (Fsp3) is 0.533. The molecule has 18 heavy (non-hydrogen) atoms. The largest absolute Gasteiger partial charge is 0.497 e. The van der Waals surface area contributed by atoms with Crippen molar-refractivity contribution in [3.05, 3.63) is 29.8 Å². The van der Waals surface area contributed by atoms with Crippen molar-refractivity contribution in [1.82, 2.24) is 0 Å². The minimum Gasteiger partial charge on any atom is -0.497 e. The van der Waals surface area contributed by atoms with E-state index in [1.54, 1.807) is 31.4 Å². The summed E-state index contributed by atoms with van der Waals surface area (Å²) in [5, 5.41) is 0. The van der Waals surface area contributed by atoms with Gasteiger partial charge >= 0.3 is 0 Å². The Hall–Kier alpha value is -1.35. The maximum absolute atomic E-state index is 11.9. The summed E-state index contributed by atoms with van der Waals surface area (Å²) < 4.78 is 10.7. The molecule has 1 fully saturated rings. The monoisotopic (exact) mass is 248 g/mol. The topological polar surface area (TPSA) is 35.5 Å². The van der Waals surface area contributed by atoms with E-state index in [4.69, 9.17) is 9.47 Å². The minimum atomic E-state index is 0.0447. The highest BCUT2D eigenvalue weighted by Gasteiger charge is 2.15. The van der Waals surface area contributed by atoms with E-state index in [0.717, 1.165) is 18.6 Å². The number of benzene rings is 1. The van der Waals surface area contributed by atoms with Crippen molar-refractivity contribution < 1.29 is 14.3 Å². The maximum atomic E-state index is 11.9. The molecule has 0 spiro atoms. The molecule has 98 valence electrons. The molecule has 0 unspecified atom stereocenters. The van der Waals surface area contributed by atoms with Crippen LogP contribution in [0.25, 0.3) is 0 Å². The zero-order valence-electron chi connectivity index (χ0n) is 10.9. The van der Waals surface area contributed by atoms with E-state index >= 15 is 0 Å². The number of carbonyl (C=O) groups excluding carboxylic acids is 1. The van der Waals surface area contributed by atoms with E-state index in [2.05, 4.69) is 0 Å². The van der Waals surface area contributed by atoms with Gasteiger partial charge in [0, 0.05) is 5.56 Å². The average Bonchev–Trinajstić information content (AvgIpc) is 2.46. The first-order valence-electron chi connectivity index (χ1n) is 6.58. The van der Waals surface area contributed by atoms with Gasteiger partial charge in [0.05, 0.1) is 13.2 Å². The van der Waals surface area contributed by atoms with Crippen molar-refractivity contribution in [2.24, 2.45) is 0 Å². The number of Topliss-reactive ketones (excluding diaryl/α,β-unsaturated/α-hetero) is 1. The van der Waals surface area contributed by atoms with Crippen molar-refractivity contribution in [2.45, 2.75) is 38.2 Å². The second-order valence-electron chi connectivity index (χ2n) is 4.72. The number of hydrogen-bond donors (Lipinski definition) is 0. The van der Waals surface area contributed by atoms with E-state index in [9.17, 15) is 4.79 Å². The number of rotatable bonds is 5. The Balaban J connectivity index is 1.82. The van der Waals surface area contributed by atoms with Gasteiger partial charge in [-0.05, 0) is 37.1 Å². The van der Waals surface area contributed by atoms with Crippen molar-refractivity contribution in [2.75, 3.05) is 13.7 Å². The molecule has 0 aromatic heterocycles. The lowest BCUT2D eigenvalue weighted by Gasteiger charge is -2.21. The molecule has 0 heterocycles. The lowest BCUT2D eigenvalue weighted by molar-refractivity contribution is 0.0284. The SMILES string of the molecule is COc1ccc(C(=O)COC2CCCCC2)cc1. The molecule has 0 bridgehead atoms. The molecule has 3 nitrogen and oxygen atoms in total. The number of methoxy groups -OCH3 is 1. The van der Waals surface area contributed by atoms with E-state index in [1.807, 2.05) is 0 Å². The molecule has 3 heteroatoms. The smallest absolute Gasteiger partial charge is 0.188 e. The molecule has 1 aromatic carbocycles. The molecule has 1 aromatic rings. The summed E-state index contributed by atoms with van der Waals surface area (Å²) in [6.45, 7) is 0.191. The summed E-state index contributed by atoms with van der Waals surface area (Å²) in [5.41, 5.74) is 0.687. The van der Waals surface area contributed by atoms with Gasteiger partial charge in [-0.2, -0.15) is 0 Å². The Morgan fingerprint density at radius 1 is 1.17 bits per heavy atom. The van der Waals surface area contributed by atoms with E-state index in [0.29, 0.717) is 5.56 Å². The van der Waals surface area contributed by atoms with Crippen LogP contribution in [0.3, 0.4) is 0 Å². The lowest BCUT2D eigenvalue weighted by atomic mass is 9.98. The number of hydrogen-bond acceptors (Lipinski definition) is 3. The Morgan fingerprint density at radius 3 is 2.44 bits per heavy atom. The zero-order valence-corrected chi connectivity index (χ0v) is 10.9. The molecule has 1 aliphatic rings. The molecule has 0 radical (unpaired) electrons. The Morgan fingerprint density at radius 2 is 1.83 bits per heavy atom. The van der Waals surface area contributed by atoms with Gasteiger partial charge in [0.15, 0.2) is 5.78 Å². The van der Waals surface area contributed by atoms with Crippen molar-refractivity contribution in [1.29, 1.82) is 0 Å². The summed E-state index contributed by atoms with van der Waals surface area (Å²) >= 11 is 0. The van der Waals surface area contributed by atoms with Gasteiger partial charge in [0.25, 0.3) is 0 Å². The minimum absolute atomic E-state index is 0.0447. The van der Waals surface area contributed by atoms with E-state index in [-0.39, 0.29) is 18.5 Å². The van der Waals surface area contributed by atoms with Gasteiger partial charge in [-0.25, -0.2) is 0 Å².